The molecule has 1 heteroatoms. The molecule has 2 rings (SSSR count). The summed E-state index contributed by atoms with van der Waals surface area (Å²) in [5.74, 6) is 0. The van der Waals surface area contributed by atoms with Crippen LogP contribution in [0.2, 0.25) is 0 Å². The van der Waals surface area contributed by atoms with Crippen LogP contribution in [0, 0.1) is 6.92 Å². The summed E-state index contributed by atoms with van der Waals surface area (Å²) in [5, 5.41) is 0. The molecule has 0 bridgehead atoms. The van der Waals surface area contributed by atoms with E-state index in [-0.39, 0.29) is 0 Å². The Morgan fingerprint density at radius 3 is 2.92 bits per heavy atom. The Kier molecular flexibility index (Phi) is 2.01. The van der Waals surface area contributed by atoms with Gasteiger partial charge in [-0.3, -0.25) is 4.98 Å². The van der Waals surface area contributed by atoms with E-state index in [1.54, 1.807) is 0 Å². The van der Waals surface area contributed by atoms with E-state index in [1.165, 1.54) is 11.1 Å². The van der Waals surface area contributed by atoms with Crippen molar-refractivity contribution in [3.05, 3.63) is 46.8 Å². The number of pyridine rings is 1. The molecule has 13 heavy (non-hydrogen) atoms. The maximum atomic E-state index is 4.49. The van der Waals surface area contributed by atoms with Crippen LogP contribution in [-0.2, 0) is 6.42 Å². The molecule has 1 heterocycles. The molecule has 0 saturated heterocycles. The highest BCUT2D eigenvalue weighted by atomic mass is 14.7. The molecule has 1 aliphatic carbocycles. The van der Waals surface area contributed by atoms with Gasteiger partial charge in [0.15, 0.2) is 0 Å². The van der Waals surface area contributed by atoms with Crippen LogP contribution in [0.3, 0.4) is 0 Å². The fraction of sp³-hybridized carbons (Fsp3) is 0.250. The molecule has 0 N–H and O–H groups in total. The van der Waals surface area contributed by atoms with Crippen LogP contribution in [0.15, 0.2) is 29.9 Å². The molecule has 1 aromatic heterocycles. The predicted octanol–water partition coefficient (Wildman–Crippen LogP) is 2.91. The highest BCUT2D eigenvalue weighted by Gasteiger charge is 2.04. The normalized spacial score (nSPS) is 14.8. The number of nitrogens with zero attached hydrogens (tertiary/aromatic N) is 1. The van der Waals surface area contributed by atoms with Gasteiger partial charge in [0.1, 0.15) is 0 Å². The van der Waals surface area contributed by atoms with Crippen LogP contribution < -0.4 is 0 Å². The number of rotatable bonds is 0. The summed E-state index contributed by atoms with van der Waals surface area (Å²) >= 11 is 0. The van der Waals surface area contributed by atoms with Gasteiger partial charge in [-0.1, -0.05) is 23.8 Å². The van der Waals surface area contributed by atoms with Crippen molar-refractivity contribution in [2.45, 2.75) is 20.3 Å². The quantitative estimate of drug-likeness (QED) is 0.585. The highest BCUT2D eigenvalue weighted by Crippen LogP contribution is 2.17. The smallest absolute Gasteiger partial charge is 0.0668 e. The molecule has 0 aliphatic heterocycles. The molecule has 0 radical (unpaired) electrons. The van der Waals surface area contributed by atoms with Crippen molar-refractivity contribution in [3.63, 3.8) is 0 Å². The molecule has 0 amide bonds. The summed E-state index contributed by atoms with van der Waals surface area (Å²) in [5.41, 5.74) is 4.92. The largest absolute Gasteiger partial charge is 0.253 e. The van der Waals surface area contributed by atoms with E-state index in [4.69, 9.17) is 0 Å². The standard InChI is InChI=1S/C12H13N/c1-9-4-3-5-12-11(8-9)7-6-10(2)13-12/h3-7H,8H2,1-2H3. The van der Waals surface area contributed by atoms with Crippen LogP contribution in [-0.4, -0.2) is 4.98 Å². The maximum absolute atomic E-state index is 4.49. The molecule has 0 aromatic carbocycles. The fourth-order valence-electron chi connectivity index (χ4n) is 1.56. The van der Waals surface area contributed by atoms with Crippen LogP contribution in [0.4, 0.5) is 0 Å². The lowest BCUT2D eigenvalue weighted by Gasteiger charge is -2.04. The Morgan fingerprint density at radius 1 is 1.23 bits per heavy atom. The molecule has 1 aromatic rings. The van der Waals surface area contributed by atoms with Crippen LogP contribution in [0.5, 0.6) is 0 Å². The third kappa shape index (κ3) is 1.69. The van der Waals surface area contributed by atoms with E-state index in [0.29, 0.717) is 0 Å². The van der Waals surface area contributed by atoms with Crippen LogP contribution >= 0.6 is 0 Å². The Balaban J connectivity index is 2.50. The van der Waals surface area contributed by atoms with Gasteiger partial charge in [-0.25, -0.2) is 0 Å². The van der Waals surface area contributed by atoms with E-state index in [0.717, 1.165) is 17.8 Å². The second kappa shape index (κ2) is 3.17. The van der Waals surface area contributed by atoms with Crippen LogP contribution in [0.25, 0.3) is 6.08 Å². The summed E-state index contributed by atoms with van der Waals surface area (Å²) in [4.78, 5) is 4.49. The van der Waals surface area contributed by atoms with Crippen molar-refractivity contribution in [2.75, 3.05) is 0 Å². The van der Waals surface area contributed by atoms with Gasteiger partial charge in [0.25, 0.3) is 0 Å². The minimum absolute atomic E-state index is 1.02. The molecule has 0 unspecified atom stereocenters. The second-order valence-corrected chi connectivity index (χ2v) is 3.55. The molecule has 0 spiro atoms. The van der Waals surface area contributed by atoms with E-state index in [1.807, 2.05) is 6.92 Å². The minimum atomic E-state index is 1.02. The molecule has 1 nitrogen and oxygen atoms in total. The summed E-state index contributed by atoms with van der Waals surface area (Å²) in [7, 11) is 0. The van der Waals surface area contributed by atoms with Gasteiger partial charge in [-0.2, -0.15) is 0 Å². The lowest BCUT2D eigenvalue weighted by molar-refractivity contribution is 1.08. The topological polar surface area (TPSA) is 12.9 Å². The zero-order chi connectivity index (χ0) is 9.26. The van der Waals surface area contributed by atoms with Crippen molar-refractivity contribution in [2.24, 2.45) is 0 Å². The molecular weight excluding hydrogens is 158 g/mol. The fourth-order valence-corrected chi connectivity index (χ4v) is 1.56. The number of fused-ring (bicyclic) bond motifs is 1. The number of hydrogen-bond donors (Lipinski definition) is 0. The molecule has 0 fully saturated rings. The highest BCUT2D eigenvalue weighted by molar-refractivity contribution is 5.54. The van der Waals surface area contributed by atoms with Crippen molar-refractivity contribution in [3.8, 4) is 0 Å². The Morgan fingerprint density at radius 2 is 2.08 bits per heavy atom. The molecular formula is C12H13N. The first-order valence-electron chi connectivity index (χ1n) is 4.56. The van der Waals surface area contributed by atoms with Crippen molar-refractivity contribution >= 4 is 6.08 Å². The third-order valence-corrected chi connectivity index (χ3v) is 2.26. The van der Waals surface area contributed by atoms with Gasteiger partial charge in [0, 0.05) is 5.69 Å². The summed E-state index contributed by atoms with van der Waals surface area (Å²) in [6.07, 6.45) is 7.33. The number of allylic oxidation sites excluding steroid dienone is 3. The monoisotopic (exact) mass is 171 g/mol. The minimum Gasteiger partial charge on any atom is -0.253 e. The number of hydrogen-bond acceptors (Lipinski definition) is 1. The summed E-state index contributed by atoms with van der Waals surface area (Å²) in [6.45, 7) is 4.18. The lowest BCUT2D eigenvalue weighted by Crippen LogP contribution is -1.94. The number of aryl methyl sites for hydroxylation is 1. The first-order chi connectivity index (χ1) is 6.25. The van der Waals surface area contributed by atoms with E-state index < -0.39 is 0 Å². The van der Waals surface area contributed by atoms with Gasteiger partial charge < -0.3 is 0 Å². The van der Waals surface area contributed by atoms with Gasteiger partial charge in [0.05, 0.1) is 5.69 Å². The molecule has 0 atom stereocenters. The average molecular weight is 171 g/mol. The molecule has 66 valence electrons. The van der Waals surface area contributed by atoms with Gasteiger partial charge in [0.2, 0.25) is 0 Å². The molecule has 0 saturated carbocycles. The second-order valence-electron chi connectivity index (χ2n) is 3.55. The third-order valence-electron chi connectivity index (χ3n) is 2.26. The lowest BCUT2D eigenvalue weighted by atomic mass is 10.1. The predicted molar refractivity (Wildman–Crippen MR) is 55.5 cm³/mol. The van der Waals surface area contributed by atoms with Gasteiger partial charge in [-0.15, -0.1) is 0 Å². The zero-order valence-corrected chi connectivity index (χ0v) is 8.04. The van der Waals surface area contributed by atoms with E-state index in [9.17, 15) is 0 Å². The summed E-state index contributed by atoms with van der Waals surface area (Å²) < 4.78 is 0. The average Bonchev–Trinajstić information content (AvgIpc) is 2.25. The van der Waals surface area contributed by atoms with Crippen molar-refractivity contribution in [1.29, 1.82) is 0 Å². The van der Waals surface area contributed by atoms with Gasteiger partial charge in [-0.05, 0) is 38.0 Å². The van der Waals surface area contributed by atoms with Crippen LogP contribution in [0.1, 0.15) is 23.9 Å². The Bertz CT molecular complexity index is 386. The number of aromatic nitrogens is 1. The Labute approximate surface area is 78.8 Å². The molecule has 1 aliphatic rings. The van der Waals surface area contributed by atoms with Crippen molar-refractivity contribution < 1.29 is 0 Å². The first-order valence-corrected chi connectivity index (χ1v) is 4.56. The Hall–Kier alpha value is -1.37. The van der Waals surface area contributed by atoms with E-state index in [2.05, 4.69) is 42.3 Å². The van der Waals surface area contributed by atoms with Crippen molar-refractivity contribution in [1.82, 2.24) is 4.98 Å². The SMILES string of the molecule is CC1=CC=Cc2nc(C)ccc2C1. The zero-order valence-electron chi connectivity index (χ0n) is 8.04. The first kappa shape index (κ1) is 8.24. The maximum Gasteiger partial charge on any atom is 0.0668 e. The van der Waals surface area contributed by atoms with E-state index >= 15 is 0 Å². The summed E-state index contributed by atoms with van der Waals surface area (Å²) in [6, 6.07) is 4.25. The van der Waals surface area contributed by atoms with Gasteiger partial charge >= 0.3 is 0 Å².